The van der Waals surface area contributed by atoms with Crippen LogP contribution < -0.4 is 5.32 Å². The summed E-state index contributed by atoms with van der Waals surface area (Å²) in [5.41, 5.74) is 3.46. The van der Waals surface area contributed by atoms with Crippen LogP contribution in [0.1, 0.15) is 30.0 Å². The van der Waals surface area contributed by atoms with Crippen molar-refractivity contribution in [3.05, 3.63) is 47.5 Å². The number of nitrogens with one attached hydrogen (secondary N) is 1. The average Bonchev–Trinajstić information content (AvgIpc) is 2.95. The van der Waals surface area contributed by atoms with Crippen molar-refractivity contribution < 1.29 is 0 Å². The molecule has 4 rings (SSSR count). The first-order valence-electron chi connectivity index (χ1n) is 6.80. The van der Waals surface area contributed by atoms with Crippen molar-refractivity contribution in [2.75, 3.05) is 5.32 Å². The van der Waals surface area contributed by atoms with Gasteiger partial charge in [0, 0.05) is 0 Å². The maximum Gasteiger partial charge on any atom is 0.200 e. The molecule has 0 saturated carbocycles. The lowest BCUT2D eigenvalue weighted by Crippen LogP contribution is -2.18. The molecular formula is C14H14N6. The molecule has 1 atom stereocenters. The fraction of sp³-hybridized carbons (Fsp3) is 0.286. The zero-order valence-corrected chi connectivity index (χ0v) is 10.9. The van der Waals surface area contributed by atoms with Gasteiger partial charge >= 0.3 is 0 Å². The number of nitrogens with zero attached hydrogens (tertiary/aromatic N) is 5. The summed E-state index contributed by atoms with van der Waals surface area (Å²) in [6.45, 7) is 0. The molecule has 3 aromatic rings. The SMILES string of the molecule is c1ccc2c(c1)CCCC2Nc1ccc2nnnn2n1. The van der Waals surface area contributed by atoms with Gasteiger partial charge in [-0.1, -0.05) is 24.3 Å². The molecule has 1 unspecified atom stereocenters. The van der Waals surface area contributed by atoms with E-state index >= 15 is 0 Å². The largest absolute Gasteiger partial charge is 0.362 e. The molecule has 6 heteroatoms. The number of anilines is 1. The van der Waals surface area contributed by atoms with Crippen LogP contribution in [0.15, 0.2) is 36.4 Å². The van der Waals surface area contributed by atoms with Gasteiger partial charge in [0.1, 0.15) is 5.82 Å². The summed E-state index contributed by atoms with van der Waals surface area (Å²) in [5, 5.41) is 19.1. The van der Waals surface area contributed by atoms with Crippen molar-refractivity contribution in [3.8, 4) is 0 Å². The van der Waals surface area contributed by atoms with Crippen LogP contribution in [0.4, 0.5) is 5.82 Å². The highest BCUT2D eigenvalue weighted by Gasteiger charge is 2.19. The Morgan fingerprint density at radius 3 is 3.10 bits per heavy atom. The Bertz CT molecular complexity index is 750. The Balaban J connectivity index is 1.66. The molecule has 0 saturated heterocycles. The Morgan fingerprint density at radius 1 is 1.15 bits per heavy atom. The van der Waals surface area contributed by atoms with Crippen LogP contribution in [0, 0.1) is 0 Å². The molecule has 0 radical (unpaired) electrons. The number of rotatable bonds is 2. The Morgan fingerprint density at radius 2 is 2.10 bits per heavy atom. The lowest BCUT2D eigenvalue weighted by atomic mass is 9.88. The number of fused-ring (bicyclic) bond motifs is 2. The summed E-state index contributed by atoms with van der Waals surface area (Å²) in [6.07, 6.45) is 3.47. The first-order chi connectivity index (χ1) is 9.90. The Labute approximate surface area is 115 Å². The average molecular weight is 266 g/mol. The van der Waals surface area contributed by atoms with E-state index in [9.17, 15) is 0 Å². The zero-order chi connectivity index (χ0) is 13.4. The van der Waals surface area contributed by atoms with Gasteiger partial charge in [-0.2, -0.15) is 0 Å². The molecule has 2 heterocycles. The summed E-state index contributed by atoms with van der Waals surface area (Å²) in [4.78, 5) is 0. The van der Waals surface area contributed by atoms with Crippen LogP contribution >= 0.6 is 0 Å². The summed E-state index contributed by atoms with van der Waals surface area (Å²) >= 11 is 0. The van der Waals surface area contributed by atoms with E-state index in [1.807, 2.05) is 12.1 Å². The minimum Gasteiger partial charge on any atom is -0.362 e. The highest BCUT2D eigenvalue weighted by molar-refractivity contribution is 5.45. The van der Waals surface area contributed by atoms with E-state index in [4.69, 9.17) is 0 Å². The summed E-state index contributed by atoms with van der Waals surface area (Å²) in [7, 11) is 0. The molecule has 20 heavy (non-hydrogen) atoms. The fourth-order valence-corrected chi connectivity index (χ4v) is 2.81. The second kappa shape index (κ2) is 4.56. The van der Waals surface area contributed by atoms with Crippen molar-refractivity contribution in [2.24, 2.45) is 0 Å². The van der Waals surface area contributed by atoms with Crippen molar-refractivity contribution in [1.29, 1.82) is 0 Å². The van der Waals surface area contributed by atoms with Crippen LogP contribution in [0.3, 0.4) is 0 Å². The van der Waals surface area contributed by atoms with Crippen LogP contribution in [0.2, 0.25) is 0 Å². The highest BCUT2D eigenvalue weighted by atomic mass is 15.6. The molecule has 0 amide bonds. The van der Waals surface area contributed by atoms with Crippen molar-refractivity contribution >= 4 is 11.5 Å². The molecule has 0 bridgehead atoms. The van der Waals surface area contributed by atoms with Crippen molar-refractivity contribution in [3.63, 3.8) is 0 Å². The third-order valence-electron chi connectivity index (χ3n) is 3.76. The molecule has 0 fully saturated rings. The van der Waals surface area contributed by atoms with Gasteiger partial charge in [-0.05, 0) is 52.9 Å². The third-order valence-corrected chi connectivity index (χ3v) is 3.76. The van der Waals surface area contributed by atoms with Gasteiger partial charge in [-0.3, -0.25) is 0 Å². The lowest BCUT2D eigenvalue weighted by Gasteiger charge is -2.26. The first-order valence-corrected chi connectivity index (χ1v) is 6.80. The van der Waals surface area contributed by atoms with Crippen LogP contribution in [-0.4, -0.2) is 25.3 Å². The van der Waals surface area contributed by atoms with Crippen molar-refractivity contribution in [2.45, 2.75) is 25.3 Å². The van der Waals surface area contributed by atoms with Gasteiger partial charge in [0.25, 0.3) is 0 Å². The molecule has 1 aliphatic rings. The van der Waals surface area contributed by atoms with Crippen LogP contribution in [0.25, 0.3) is 5.65 Å². The van der Waals surface area contributed by atoms with Gasteiger partial charge in [-0.25, -0.2) is 0 Å². The molecule has 6 nitrogen and oxygen atoms in total. The first kappa shape index (κ1) is 11.3. The van der Waals surface area contributed by atoms with Crippen LogP contribution in [0.5, 0.6) is 0 Å². The van der Waals surface area contributed by atoms with Gasteiger partial charge < -0.3 is 5.32 Å². The van der Waals surface area contributed by atoms with Crippen LogP contribution in [-0.2, 0) is 6.42 Å². The van der Waals surface area contributed by atoms with Gasteiger partial charge in [0.05, 0.1) is 6.04 Å². The second-order valence-corrected chi connectivity index (χ2v) is 5.03. The van der Waals surface area contributed by atoms with Crippen molar-refractivity contribution in [1.82, 2.24) is 25.3 Å². The highest BCUT2D eigenvalue weighted by Crippen LogP contribution is 2.31. The van der Waals surface area contributed by atoms with Gasteiger partial charge in [-0.15, -0.1) is 14.8 Å². The monoisotopic (exact) mass is 266 g/mol. The summed E-state index contributed by atoms with van der Waals surface area (Å²) in [5.74, 6) is 0.798. The smallest absolute Gasteiger partial charge is 0.200 e. The molecule has 0 aliphatic heterocycles. The number of hydrogen-bond acceptors (Lipinski definition) is 5. The second-order valence-electron chi connectivity index (χ2n) is 5.03. The number of aromatic nitrogens is 5. The van der Waals surface area contributed by atoms with E-state index < -0.39 is 0 Å². The standard InChI is InChI=1S/C14H14N6/c1-2-6-11-10(4-1)5-3-7-12(11)15-13-8-9-14-16-18-19-20(14)17-13/h1-2,4,6,8-9,12H,3,5,7H2,(H,15,17). The predicted octanol–water partition coefficient (Wildman–Crippen LogP) is 2.01. The van der Waals surface area contributed by atoms with E-state index in [2.05, 4.69) is 50.2 Å². The molecule has 0 spiro atoms. The minimum absolute atomic E-state index is 0.307. The summed E-state index contributed by atoms with van der Waals surface area (Å²) in [6, 6.07) is 12.7. The van der Waals surface area contributed by atoms with Gasteiger partial charge in [0.15, 0.2) is 5.65 Å². The number of aryl methyl sites for hydroxylation is 1. The van der Waals surface area contributed by atoms with E-state index in [1.54, 1.807) is 0 Å². The number of tetrazole rings is 1. The quantitative estimate of drug-likeness (QED) is 0.768. The Hall–Kier alpha value is -2.50. The normalized spacial score (nSPS) is 17.9. The van der Waals surface area contributed by atoms with E-state index in [0.717, 1.165) is 18.7 Å². The molecular weight excluding hydrogens is 252 g/mol. The maximum atomic E-state index is 4.37. The zero-order valence-electron chi connectivity index (χ0n) is 10.9. The minimum atomic E-state index is 0.307. The number of benzene rings is 1. The third kappa shape index (κ3) is 1.89. The van der Waals surface area contributed by atoms with E-state index in [0.29, 0.717) is 11.7 Å². The maximum absolute atomic E-state index is 4.37. The summed E-state index contributed by atoms with van der Waals surface area (Å²) < 4.78 is 1.44. The lowest BCUT2D eigenvalue weighted by molar-refractivity contribution is 0.595. The van der Waals surface area contributed by atoms with Gasteiger partial charge in [0.2, 0.25) is 0 Å². The van der Waals surface area contributed by atoms with E-state index in [-0.39, 0.29) is 0 Å². The molecule has 1 N–H and O–H groups in total. The fourth-order valence-electron chi connectivity index (χ4n) is 2.81. The Kier molecular flexibility index (Phi) is 2.58. The molecule has 1 aliphatic carbocycles. The molecule has 2 aromatic heterocycles. The molecule has 100 valence electrons. The topological polar surface area (TPSA) is 68.0 Å². The molecule has 1 aromatic carbocycles. The predicted molar refractivity (Wildman–Crippen MR) is 74.3 cm³/mol. The van der Waals surface area contributed by atoms with E-state index in [1.165, 1.54) is 22.2 Å². The number of hydrogen-bond donors (Lipinski definition) is 1.